The van der Waals surface area contributed by atoms with E-state index in [9.17, 15) is 0 Å². The van der Waals surface area contributed by atoms with E-state index in [2.05, 4.69) is 25.6 Å². The van der Waals surface area contributed by atoms with Gasteiger partial charge in [0.2, 0.25) is 11.8 Å². The third-order valence-corrected chi connectivity index (χ3v) is 5.14. The zero-order valence-electron chi connectivity index (χ0n) is 15.8. The highest BCUT2D eigenvalue weighted by Gasteiger charge is 2.22. The fraction of sp³-hybridized carbons (Fsp3) is 0.0952. The highest BCUT2D eigenvalue weighted by atomic mass is 32.2. The first-order valence-corrected chi connectivity index (χ1v) is 10.1. The highest BCUT2D eigenvalue weighted by molar-refractivity contribution is 7.98. The Morgan fingerprint density at radius 1 is 0.767 bits per heavy atom. The van der Waals surface area contributed by atoms with E-state index in [-0.39, 0.29) is 0 Å². The monoisotopic (exact) mass is 417 g/mol. The minimum absolute atomic E-state index is 0.360. The number of hydrogen-bond acceptors (Lipinski definition) is 9. The van der Waals surface area contributed by atoms with Crippen LogP contribution in [0.3, 0.4) is 0 Å². The van der Waals surface area contributed by atoms with Gasteiger partial charge in [0, 0.05) is 11.1 Å². The van der Waals surface area contributed by atoms with Crippen LogP contribution >= 0.6 is 11.8 Å². The lowest BCUT2D eigenvalue weighted by atomic mass is 10.1. The van der Waals surface area contributed by atoms with Crippen LogP contribution in [-0.2, 0) is 5.75 Å². The summed E-state index contributed by atoms with van der Waals surface area (Å²) in [6.45, 7) is 1.82. The number of benzene rings is 2. The van der Waals surface area contributed by atoms with Crippen molar-refractivity contribution in [3.63, 3.8) is 0 Å². The van der Waals surface area contributed by atoms with Gasteiger partial charge in [0.1, 0.15) is 17.0 Å². The molecule has 0 aliphatic rings. The van der Waals surface area contributed by atoms with E-state index in [1.807, 2.05) is 67.6 Å². The van der Waals surface area contributed by atoms with Crippen LogP contribution in [0, 0.1) is 6.92 Å². The molecule has 0 atom stereocenters. The fourth-order valence-electron chi connectivity index (χ4n) is 2.92. The molecule has 8 nitrogen and oxygen atoms in total. The van der Waals surface area contributed by atoms with Gasteiger partial charge < -0.3 is 13.4 Å². The molecule has 5 aromatic rings. The second-order valence-electron chi connectivity index (χ2n) is 6.36. The van der Waals surface area contributed by atoms with Gasteiger partial charge in [-0.1, -0.05) is 65.4 Å². The lowest BCUT2D eigenvalue weighted by Gasteiger charge is -1.98. The molecular formula is C21H15N5O3S. The Balaban J connectivity index is 1.33. The first kappa shape index (κ1) is 18.3. The van der Waals surface area contributed by atoms with Gasteiger partial charge in [-0.05, 0) is 19.1 Å². The molecular weight excluding hydrogens is 402 g/mol. The van der Waals surface area contributed by atoms with Crippen LogP contribution in [-0.4, -0.2) is 25.6 Å². The largest absolute Gasteiger partial charge is 0.420 e. The lowest BCUT2D eigenvalue weighted by molar-refractivity contribution is 0.399. The topological polar surface area (TPSA) is 104 Å². The Kier molecular flexibility index (Phi) is 4.86. The molecule has 0 unspecified atom stereocenters. The molecule has 148 valence electrons. The maximum Gasteiger partial charge on any atom is 0.277 e. The molecule has 0 saturated heterocycles. The predicted molar refractivity (Wildman–Crippen MR) is 109 cm³/mol. The molecule has 3 heterocycles. The fourth-order valence-corrected chi connectivity index (χ4v) is 3.52. The minimum Gasteiger partial charge on any atom is -0.420 e. The van der Waals surface area contributed by atoms with Crippen LogP contribution in [0.4, 0.5) is 0 Å². The average molecular weight is 417 g/mol. The molecule has 0 spiro atoms. The van der Waals surface area contributed by atoms with Gasteiger partial charge in [-0.25, -0.2) is 0 Å². The summed E-state index contributed by atoms with van der Waals surface area (Å²) in [7, 11) is 0. The summed E-state index contributed by atoms with van der Waals surface area (Å²) in [6, 6.07) is 19.3. The first-order valence-electron chi connectivity index (χ1n) is 9.14. The van der Waals surface area contributed by atoms with Crippen molar-refractivity contribution in [2.24, 2.45) is 0 Å². The van der Waals surface area contributed by atoms with Crippen LogP contribution in [0.25, 0.3) is 34.2 Å². The van der Waals surface area contributed by atoms with Crippen molar-refractivity contribution in [2.45, 2.75) is 17.9 Å². The zero-order valence-corrected chi connectivity index (χ0v) is 16.7. The van der Waals surface area contributed by atoms with Crippen molar-refractivity contribution in [1.29, 1.82) is 0 Å². The van der Waals surface area contributed by atoms with E-state index in [0.717, 1.165) is 11.1 Å². The summed E-state index contributed by atoms with van der Waals surface area (Å²) in [4.78, 5) is 0. The molecule has 0 amide bonds. The molecule has 2 aromatic carbocycles. The number of aromatic nitrogens is 5. The Morgan fingerprint density at radius 3 is 2.23 bits per heavy atom. The van der Waals surface area contributed by atoms with Crippen LogP contribution in [0.5, 0.6) is 0 Å². The van der Waals surface area contributed by atoms with Gasteiger partial charge in [-0.3, -0.25) is 0 Å². The number of hydrogen-bond donors (Lipinski definition) is 0. The number of aryl methyl sites for hydroxylation is 1. The minimum atomic E-state index is 0.360. The maximum absolute atomic E-state index is 5.85. The van der Waals surface area contributed by atoms with Crippen molar-refractivity contribution in [1.82, 2.24) is 25.6 Å². The maximum atomic E-state index is 5.85. The Morgan fingerprint density at radius 2 is 1.47 bits per heavy atom. The molecule has 30 heavy (non-hydrogen) atoms. The van der Waals surface area contributed by atoms with Crippen LogP contribution in [0.1, 0.15) is 11.7 Å². The van der Waals surface area contributed by atoms with Crippen LogP contribution in [0.15, 0.2) is 79.2 Å². The summed E-state index contributed by atoms with van der Waals surface area (Å²) in [5.74, 6) is 2.28. The van der Waals surface area contributed by atoms with E-state index >= 15 is 0 Å². The normalized spacial score (nSPS) is 11.1. The second-order valence-corrected chi connectivity index (χ2v) is 7.28. The third kappa shape index (κ3) is 3.62. The van der Waals surface area contributed by atoms with E-state index < -0.39 is 0 Å². The molecule has 0 saturated carbocycles. The quantitative estimate of drug-likeness (QED) is 0.351. The average Bonchev–Trinajstić information content (AvgIpc) is 3.53. The van der Waals surface area contributed by atoms with E-state index in [1.54, 1.807) is 0 Å². The molecule has 5 rings (SSSR count). The van der Waals surface area contributed by atoms with Crippen LogP contribution in [0.2, 0.25) is 0 Å². The van der Waals surface area contributed by atoms with Crippen LogP contribution < -0.4 is 0 Å². The summed E-state index contributed by atoms with van der Waals surface area (Å²) >= 11 is 1.33. The van der Waals surface area contributed by atoms with E-state index in [4.69, 9.17) is 13.4 Å². The Hall–Kier alpha value is -3.72. The van der Waals surface area contributed by atoms with Gasteiger partial charge in [0.25, 0.3) is 11.1 Å². The molecule has 0 fully saturated rings. The summed E-state index contributed by atoms with van der Waals surface area (Å²) in [5, 5.41) is 21.0. The van der Waals surface area contributed by atoms with Crippen molar-refractivity contribution >= 4 is 11.8 Å². The van der Waals surface area contributed by atoms with Gasteiger partial charge in [-0.2, -0.15) is 0 Å². The molecule has 0 aliphatic heterocycles. The summed E-state index contributed by atoms with van der Waals surface area (Å²) < 4.78 is 16.9. The SMILES string of the molecule is Cc1onc(-c2ccccc2)c1-c1nnc(CSc2nnc(-c3ccccc3)o2)o1. The number of thioether (sulfide) groups is 1. The molecule has 3 aromatic heterocycles. The molecule has 0 N–H and O–H groups in total. The molecule has 0 radical (unpaired) electrons. The van der Waals surface area contributed by atoms with Gasteiger partial charge in [0.05, 0.1) is 5.75 Å². The van der Waals surface area contributed by atoms with Crippen molar-refractivity contribution < 1.29 is 13.4 Å². The second kappa shape index (κ2) is 7.96. The van der Waals surface area contributed by atoms with Gasteiger partial charge >= 0.3 is 0 Å². The number of nitrogens with zero attached hydrogens (tertiary/aromatic N) is 5. The first-order chi connectivity index (χ1) is 14.8. The smallest absolute Gasteiger partial charge is 0.277 e. The summed E-state index contributed by atoms with van der Waals surface area (Å²) in [5.41, 5.74) is 3.14. The number of rotatable bonds is 6. The predicted octanol–water partition coefficient (Wildman–Crippen LogP) is 5.04. The van der Waals surface area contributed by atoms with E-state index in [0.29, 0.717) is 45.7 Å². The lowest BCUT2D eigenvalue weighted by Crippen LogP contribution is -1.84. The Bertz CT molecular complexity index is 1260. The highest BCUT2D eigenvalue weighted by Crippen LogP contribution is 2.34. The zero-order chi connectivity index (χ0) is 20.3. The molecule has 0 bridgehead atoms. The summed E-state index contributed by atoms with van der Waals surface area (Å²) in [6.07, 6.45) is 0. The van der Waals surface area contributed by atoms with Crippen molar-refractivity contribution in [3.05, 3.63) is 72.3 Å². The van der Waals surface area contributed by atoms with Crippen molar-refractivity contribution in [3.8, 4) is 34.2 Å². The third-order valence-electron chi connectivity index (χ3n) is 4.34. The molecule has 9 heteroatoms. The standard InChI is InChI=1S/C21H15N5O3S/c1-13-17(18(26-29-13)14-8-4-2-5-9-14)20-24-22-16(27-20)12-30-21-25-23-19(28-21)15-10-6-3-7-11-15/h2-11H,12H2,1H3. The van der Waals surface area contributed by atoms with Gasteiger partial charge in [-0.15, -0.1) is 20.4 Å². The molecule has 0 aliphatic carbocycles. The van der Waals surface area contributed by atoms with Gasteiger partial charge in [0.15, 0.2) is 0 Å². The van der Waals surface area contributed by atoms with Crippen molar-refractivity contribution in [2.75, 3.05) is 0 Å². The Labute approximate surface area is 175 Å². The van der Waals surface area contributed by atoms with E-state index in [1.165, 1.54) is 11.8 Å².